The zero-order valence-electron chi connectivity index (χ0n) is 7.82. The van der Waals surface area contributed by atoms with Crippen LogP contribution in [0.2, 0.25) is 0 Å². The molecule has 0 unspecified atom stereocenters. The van der Waals surface area contributed by atoms with Crippen LogP contribution in [0.15, 0.2) is 0 Å². The minimum Gasteiger partial charge on any atom is -0.465 e. The quantitative estimate of drug-likeness (QED) is 0.490. The van der Waals surface area contributed by atoms with Crippen LogP contribution in [0.3, 0.4) is 0 Å². The van der Waals surface area contributed by atoms with Gasteiger partial charge in [0.05, 0.1) is 12.7 Å². The smallest absolute Gasteiger partial charge is 0.302 e. The van der Waals surface area contributed by atoms with Gasteiger partial charge in [0, 0.05) is 12.8 Å². The van der Waals surface area contributed by atoms with Crippen molar-refractivity contribution >= 4 is 5.97 Å². The molecular formula is C9H14O4. The highest BCUT2D eigenvalue weighted by molar-refractivity contribution is 5.65. The molecule has 0 amide bonds. The van der Waals surface area contributed by atoms with Gasteiger partial charge in [-0.3, -0.25) is 4.79 Å². The van der Waals surface area contributed by atoms with Crippen LogP contribution in [0.5, 0.6) is 0 Å². The van der Waals surface area contributed by atoms with Gasteiger partial charge in [0.15, 0.2) is 0 Å². The van der Waals surface area contributed by atoms with Crippen LogP contribution in [0.4, 0.5) is 0 Å². The third kappa shape index (κ3) is 1.34. The number of rotatable bonds is 2. The maximum Gasteiger partial charge on any atom is 0.302 e. The van der Waals surface area contributed by atoms with Crippen LogP contribution in [0, 0.1) is 5.92 Å². The number of aliphatic hydroxyl groups is 1. The minimum absolute atomic E-state index is 0.0342. The van der Waals surface area contributed by atoms with Gasteiger partial charge in [-0.2, -0.15) is 0 Å². The summed E-state index contributed by atoms with van der Waals surface area (Å²) >= 11 is 0. The molecule has 0 spiro atoms. The summed E-state index contributed by atoms with van der Waals surface area (Å²) in [4.78, 5) is 10.6. The summed E-state index contributed by atoms with van der Waals surface area (Å²) in [5.41, 5.74) is -0.241. The van der Waals surface area contributed by atoms with Crippen LogP contribution in [-0.4, -0.2) is 35.5 Å². The molecule has 2 aliphatic rings. The Morgan fingerprint density at radius 1 is 1.77 bits per heavy atom. The molecule has 4 nitrogen and oxygen atoms in total. The Morgan fingerprint density at radius 2 is 2.46 bits per heavy atom. The van der Waals surface area contributed by atoms with E-state index in [9.17, 15) is 9.90 Å². The van der Waals surface area contributed by atoms with Crippen LogP contribution >= 0.6 is 0 Å². The van der Waals surface area contributed by atoms with Crippen molar-refractivity contribution in [3.05, 3.63) is 0 Å². The zero-order valence-corrected chi connectivity index (χ0v) is 7.82. The van der Waals surface area contributed by atoms with E-state index in [2.05, 4.69) is 0 Å². The van der Waals surface area contributed by atoms with Crippen LogP contribution in [0.1, 0.15) is 20.3 Å². The highest BCUT2D eigenvalue weighted by Gasteiger charge is 2.66. The summed E-state index contributed by atoms with van der Waals surface area (Å²) in [7, 11) is 0. The molecule has 1 aliphatic carbocycles. The van der Waals surface area contributed by atoms with E-state index in [4.69, 9.17) is 9.47 Å². The van der Waals surface area contributed by atoms with Gasteiger partial charge in [0.1, 0.15) is 11.7 Å². The van der Waals surface area contributed by atoms with Crippen molar-refractivity contribution in [2.45, 2.75) is 38.1 Å². The number of hydrogen-bond donors (Lipinski definition) is 1. The fourth-order valence-electron chi connectivity index (χ4n) is 2.13. The molecule has 2 fully saturated rings. The Labute approximate surface area is 76.8 Å². The number of fused-ring (bicyclic) bond motifs is 1. The van der Waals surface area contributed by atoms with Gasteiger partial charge in [-0.1, -0.05) is 0 Å². The second-order valence-electron chi connectivity index (χ2n) is 4.02. The molecular weight excluding hydrogens is 172 g/mol. The van der Waals surface area contributed by atoms with Crippen molar-refractivity contribution in [2.75, 3.05) is 6.61 Å². The third-order valence-electron chi connectivity index (χ3n) is 3.06. The minimum atomic E-state index is -0.384. The monoisotopic (exact) mass is 186 g/mol. The number of esters is 1. The Bertz CT molecular complexity index is 240. The van der Waals surface area contributed by atoms with Crippen LogP contribution in [0.25, 0.3) is 0 Å². The van der Waals surface area contributed by atoms with E-state index in [0.717, 1.165) is 0 Å². The summed E-state index contributed by atoms with van der Waals surface area (Å²) in [5.74, 6) is -0.126. The third-order valence-corrected chi connectivity index (χ3v) is 3.06. The van der Waals surface area contributed by atoms with E-state index < -0.39 is 0 Å². The summed E-state index contributed by atoms with van der Waals surface area (Å²) in [6, 6.07) is 0. The number of ether oxygens (including phenoxy) is 2. The van der Waals surface area contributed by atoms with Gasteiger partial charge in [0.2, 0.25) is 0 Å². The van der Waals surface area contributed by atoms with E-state index >= 15 is 0 Å². The Morgan fingerprint density at radius 3 is 2.85 bits per heavy atom. The lowest BCUT2D eigenvalue weighted by Gasteiger charge is -2.16. The SMILES string of the molecule is CC(=O)OC[C@H]1C[C@H](O)[C@@H]2O[C@]12C. The Kier molecular flexibility index (Phi) is 1.85. The summed E-state index contributed by atoms with van der Waals surface area (Å²) in [6.45, 7) is 3.71. The first-order chi connectivity index (χ1) is 6.04. The first kappa shape index (κ1) is 8.97. The first-order valence-electron chi connectivity index (χ1n) is 4.53. The molecule has 1 aliphatic heterocycles. The fraction of sp³-hybridized carbons (Fsp3) is 0.889. The predicted molar refractivity (Wildman–Crippen MR) is 44.0 cm³/mol. The van der Waals surface area contributed by atoms with Crippen molar-refractivity contribution in [2.24, 2.45) is 5.92 Å². The van der Waals surface area contributed by atoms with Gasteiger partial charge in [-0.05, 0) is 13.3 Å². The highest BCUT2D eigenvalue weighted by atomic mass is 16.6. The summed E-state index contributed by atoms with van der Waals surface area (Å²) < 4.78 is 10.3. The van der Waals surface area contributed by atoms with Gasteiger partial charge in [-0.15, -0.1) is 0 Å². The number of aliphatic hydroxyl groups excluding tert-OH is 1. The predicted octanol–water partition coefficient (Wildman–Crippen LogP) is 0.0878. The average Bonchev–Trinajstić information content (AvgIpc) is 2.66. The molecule has 2 rings (SSSR count). The zero-order chi connectivity index (χ0) is 9.64. The maximum atomic E-state index is 10.6. The molecule has 13 heavy (non-hydrogen) atoms. The van der Waals surface area contributed by atoms with E-state index in [-0.39, 0.29) is 29.7 Å². The molecule has 1 heterocycles. The lowest BCUT2D eigenvalue weighted by molar-refractivity contribution is -0.143. The van der Waals surface area contributed by atoms with Crippen LogP contribution in [-0.2, 0) is 14.3 Å². The lowest BCUT2D eigenvalue weighted by Crippen LogP contribution is -2.23. The normalized spacial score (nSPS) is 47.2. The topological polar surface area (TPSA) is 59.1 Å². The lowest BCUT2D eigenvalue weighted by atomic mass is 9.98. The molecule has 4 heteroatoms. The molecule has 1 N–H and O–H groups in total. The molecule has 0 radical (unpaired) electrons. The number of carbonyl (C=O) groups excluding carboxylic acids is 1. The summed E-state index contributed by atoms with van der Waals surface area (Å²) in [5, 5.41) is 9.47. The van der Waals surface area contributed by atoms with E-state index in [1.807, 2.05) is 6.92 Å². The molecule has 1 saturated heterocycles. The second-order valence-corrected chi connectivity index (χ2v) is 4.02. The van der Waals surface area contributed by atoms with Gasteiger partial charge >= 0.3 is 5.97 Å². The standard InChI is InChI=1S/C9H14O4/c1-5(10)12-4-6-3-7(11)8-9(6,2)13-8/h6-8,11H,3-4H2,1-2H3/t6-,7+,8+,9-/m1/s1. The van der Waals surface area contributed by atoms with Gasteiger partial charge < -0.3 is 14.6 Å². The van der Waals surface area contributed by atoms with Gasteiger partial charge in [-0.25, -0.2) is 0 Å². The van der Waals surface area contributed by atoms with E-state index in [0.29, 0.717) is 13.0 Å². The van der Waals surface area contributed by atoms with Crippen molar-refractivity contribution in [1.82, 2.24) is 0 Å². The summed E-state index contributed by atoms with van der Waals surface area (Å²) in [6.07, 6.45) is 0.257. The molecule has 0 aromatic carbocycles. The molecule has 0 aromatic heterocycles. The number of hydrogen-bond acceptors (Lipinski definition) is 4. The largest absolute Gasteiger partial charge is 0.465 e. The Balaban J connectivity index is 1.91. The van der Waals surface area contributed by atoms with Gasteiger partial charge in [0.25, 0.3) is 0 Å². The fourth-order valence-corrected chi connectivity index (χ4v) is 2.13. The van der Waals surface area contributed by atoms with E-state index in [1.54, 1.807) is 0 Å². The van der Waals surface area contributed by atoms with Crippen molar-refractivity contribution in [1.29, 1.82) is 0 Å². The van der Waals surface area contributed by atoms with E-state index in [1.165, 1.54) is 6.92 Å². The average molecular weight is 186 g/mol. The highest BCUT2D eigenvalue weighted by Crippen LogP contribution is 2.53. The first-order valence-corrected chi connectivity index (χ1v) is 4.53. The number of carbonyl (C=O) groups is 1. The molecule has 74 valence electrons. The molecule has 0 bridgehead atoms. The number of epoxide rings is 1. The van der Waals surface area contributed by atoms with Crippen molar-refractivity contribution in [3.8, 4) is 0 Å². The Hall–Kier alpha value is -0.610. The van der Waals surface area contributed by atoms with Crippen molar-refractivity contribution in [3.63, 3.8) is 0 Å². The van der Waals surface area contributed by atoms with Crippen molar-refractivity contribution < 1.29 is 19.4 Å². The molecule has 1 saturated carbocycles. The second kappa shape index (κ2) is 2.69. The van der Waals surface area contributed by atoms with Crippen LogP contribution < -0.4 is 0 Å². The molecule has 0 aromatic rings. The maximum absolute atomic E-state index is 10.6. The molecule has 4 atom stereocenters.